The molecule has 5 nitrogen and oxygen atoms in total. The molecule has 0 amide bonds. The van der Waals surface area contributed by atoms with Gasteiger partial charge in [0, 0.05) is 11.9 Å². The van der Waals surface area contributed by atoms with Crippen LogP contribution in [-0.4, -0.2) is 27.0 Å². The number of aromatic nitrogens is 3. The number of pyridine rings is 1. The predicted molar refractivity (Wildman–Crippen MR) is 111 cm³/mol. The van der Waals surface area contributed by atoms with Gasteiger partial charge in [-0.25, -0.2) is 4.98 Å². The van der Waals surface area contributed by atoms with E-state index in [2.05, 4.69) is 10.1 Å². The van der Waals surface area contributed by atoms with Gasteiger partial charge in [-0.3, -0.25) is 4.68 Å². The molecule has 0 fully saturated rings. The molecule has 3 aromatic rings. The van der Waals surface area contributed by atoms with E-state index in [1.807, 2.05) is 80.2 Å². The number of ether oxygens (including phenoxy) is 1. The lowest BCUT2D eigenvalue weighted by atomic mass is 9.92. The molecular formula is C21H25ClN4O. The Bertz CT molecular complexity index is 934. The molecule has 0 saturated heterocycles. The first-order valence-corrected chi connectivity index (χ1v) is 9.43. The summed E-state index contributed by atoms with van der Waals surface area (Å²) in [7, 11) is 0. The second-order valence-corrected chi connectivity index (χ2v) is 7.32. The first-order valence-electron chi connectivity index (χ1n) is 9.05. The van der Waals surface area contributed by atoms with E-state index in [-0.39, 0.29) is 6.04 Å². The minimum absolute atomic E-state index is 0.218. The zero-order valence-electron chi connectivity index (χ0n) is 15.9. The Morgan fingerprint density at radius 2 is 2.04 bits per heavy atom. The van der Waals surface area contributed by atoms with E-state index >= 15 is 0 Å². The molecule has 2 heterocycles. The number of rotatable bonds is 7. The number of aryl methyl sites for hydroxylation is 1. The lowest BCUT2D eigenvalue weighted by molar-refractivity contribution is -0.0212. The van der Waals surface area contributed by atoms with Crippen LogP contribution in [-0.2, 0) is 11.3 Å². The number of nitrogens with two attached hydrogens (primary N) is 1. The van der Waals surface area contributed by atoms with Crippen molar-refractivity contribution in [2.24, 2.45) is 5.73 Å². The van der Waals surface area contributed by atoms with E-state index in [9.17, 15) is 0 Å². The van der Waals surface area contributed by atoms with E-state index in [0.29, 0.717) is 11.8 Å². The maximum atomic E-state index is 6.39. The molecule has 2 N–H and O–H groups in total. The third-order valence-electron chi connectivity index (χ3n) is 4.65. The fourth-order valence-electron chi connectivity index (χ4n) is 3.04. The summed E-state index contributed by atoms with van der Waals surface area (Å²) in [4.78, 5) is 4.44. The minimum atomic E-state index is -0.506. The van der Waals surface area contributed by atoms with Crippen LogP contribution in [0.25, 0.3) is 17.0 Å². The Morgan fingerprint density at radius 1 is 1.30 bits per heavy atom. The van der Waals surface area contributed by atoms with Gasteiger partial charge in [0.25, 0.3) is 0 Å². The normalized spacial score (nSPS) is 13.5. The van der Waals surface area contributed by atoms with Crippen molar-refractivity contribution in [2.75, 3.05) is 6.61 Å². The predicted octanol–water partition coefficient (Wildman–Crippen LogP) is 4.61. The molecule has 142 valence electrons. The molecule has 27 heavy (non-hydrogen) atoms. The standard InChI is InChI=1S/C21H25ClN4O/c1-4-26-19-16(14-24-26)13-18(22)25-17(19)11-8-12-27-21(2,3)20(23)15-9-6-5-7-10-15/h5-11,13-14,20H,4,12,23H2,1-3H3/b11-8+. The van der Waals surface area contributed by atoms with Gasteiger partial charge in [0.2, 0.25) is 0 Å². The molecule has 0 bridgehead atoms. The van der Waals surface area contributed by atoms with Crippen molar-refractivity contribution in [1.29, 1.82) is 0 Å². The topological polar surface area (TPSA) is 66.0 Å². The molecule has 0 aliphatic carbocycles. The van der Waals surface area contributed by atoms with Gasteiger partial charge in [-0.2, -0.15) is 5.10 Å². The summed E-state index contributed by atoms with van der Waals surface area (Å²) < 4.78 is 7.96. The van der Waals surface area contributed by atoms with Crippen molar-refractivity contribution in [3.63, 3.8) is 0 Å². The van der Waals surface area contributed by atoms with Gasteiger partial charge in [0.15, 0.2) is 0 Å². The Morgan fingerprint density at radius 3 is 2.74 bits per heavy atom. The fraction of sp³-hybridized carbons (Fsp3) is 0.333. The van der Waals surface area contributed by atoms with E-state index in [1.54, 1.807) is 0 Å². The van der Waals surface area contributed by atoms with E-state index in [0.717, 1.165) is 28.7 Å². The maximum Gasteiger partial charge on any atom is 0.130 e. The lowest BCUT2D eigenvalue weighted by Crippen LogP contribution is -2.38. The SMILES string of the molecule is CCn1ncc2cc(Cl)nc(/C=C/COC(C)(C)C(N)c3ccccc3)c21. The molecule has 0 saturated carbocycles. The second-order valence-electron chi connectivity index (χ2n) is 6.93. The summed E-state index contributed by atoms with van der Waals surface area (Å²) in [6, 6.07) is 11.6. The second kappa shape index (κ2) is 8.21. The molecule has 6 heteroatoms. The zero-order valence-corrected chi connectivity index (χ0v) is 16.6. The number of hydrogen-bond acceptors (Lipinski definition) is 4. The number of fused-ring (bicyclic) bond motifs is 1. The first-order chi connectivity index (χ1) is 12.9. The van der Waals surface area contributed by atoms with Gasteiger partial charge in [-0.05, 0) is 38.5 Å². The molecule has 1 unspecified atom stereocenters. The van der Waals surface area contributed by atoms with Crippen LogP contribution in [0.4, 0.5) is 0 Å². The zero-order chi connectivity index (χ0) is 19.4. The Labute approximate surface area is 164 Å². The van der Waals surface area contributed by atoms with Gasteiger partial charge < -0.3 is 10.5 Å². The average molecular weight is 385 g/mol. The van der Waals surface area contributed by atoms with Crippen molar-refractivity contribution < 1.29 is 4.74 Å². The molecule has 0 spiro atoms. The van der Waals surface area contributed by atoms with E-state index in [1.165, 1.54) is 0 Å². The highest BCUT2D eigenvalue weighted by atomic mass is 35.5. The summed E-state index contributed by atoms with van der Waals surface area (Å²) in [5.41, 5.74) is 8.69. The van der Waals surface area contributed by atoms with Crippen molar-refractivity contribution in [1.82, 2.24) is 14.8 Å². The molecular weight excluding hydrogens is 360 g/mol. The van der Waals surface area contributed by atoms with Crippen molar-refractivity contribution in [2.45, 2.75) is 39.0 Å². The number of nitrogens with zero attached hydrogens (tertiary/aromatic N) is 3. The maximum absolute atomic E-state index is 6.39. The number of halogens is 1. The van der Waals surface area contributed by atoms with Crippen LogP contribution in [0, 0.1) is 0 Å². The molecule has 0 aliphatic rings. The fourth-order valence-corrected chi connectivity index (χ4v) is 3.25. The summed E-state index contributed by atoms with van der Waals surface area (Å²) in [5.74, 6) is 0. The summed E-state index contributed by atoms with van der Waals surface area (Å²) in [5, 5.41) is 5.80. The monoisotopic (exact) mass is 384 g/mol. The number of benzene rings is 1. The van der Waals surface area contributed by atoms with Gasteiger partial charge in [0.05, 0.1) is 35.7 Å². The van der Waals surface area contributed by atoms with Gasteiger partial charge in [-0.1, -0.05) is 48.0 Å². The van der Waals surface area contributed by atoms with E-state index in [4.69, 9.17) is 22.1 Å². The molecule has 3 rings (SSSR count). The van der Waals surface area contributed by atoms with Crippen LogP contribution >= 0.6 is 11.6 Å². The largest absolute Gasteiger partial charge is 0.370 e. The van der Waals surface area contributed by atoms with Crippen LogP contribution < -0.4 is 5.73 Å². The first kappa shape index (κ1) is 19.5. The summed E-state index contributed by atoms with van der Waals surface area (Å²) >= 11 is 6.14. The highest BCUT2D eigenvalue weighted by molar-refractivity contribution is 6.30. The van der Waals surface area contributed by atoms with Crippen molar-refractivity contribution >= 4 is 28.6 Å². The van der Waals surface area contributed by atoms with Crippen LogP contribution in [0.1, 0.15) is 38.1 Å². The molecule has 1 aromatic carbocycles. The lowest BCUT2D eigenvalue weighted by Gasteiger charge is -2.31. The smallest absolute Gasteiger partial charge is 0.130 e. The summed E-state index contributed by atoms with van der Waals surface area (Å²) in [6.45, 7) is 7.23. The summed E-state index contributed by atoms with van der Waals surface area (Å²) in [6.07, 6.45) is 5.67. The van der Waals surface area contributed by atoms with Gasteiger partial charge >= 0.3 is 0 Å². The van der Waals surface area contributed by atoms with Crippen LogP contribution in [0.2, 0.25) is 5.15 Å². The molecule has 1 atom stereocenters. The Balaban J connectivity index is 1.72. The third-order valence-corrected chi connectivity index (χ3v) is 4.84. The number of hydrogen-bond donors (Lipinski definition) is 1. The van der Waals surface area contributed by atoms with Crippen molar-refractivity contribution in [3.05, 3.63) is 65.1 Å². The molecule has 2 aromatic heterocycles. The Kier molecular flexibility index (Phi) is 5.95. The molecule has 0 radical (unpaired) electrons. The highest BCUT2D eigenvalue weighted by Gasteiger charge is 2.28. The quantitative estimate of drug-likeness (QED) is 0.604. The van der Waals surface area contributed by atoms with Crippen molar-refractivity contribution in [3.8, 4) is 0 Å². The Hall–Kier alpha value is -2.21. The van der Waals surface area contributed by atoms with E-state index < -0.39 is 5.60 Å². The molecule has 0 aliphatic heterocycles. The minimum Gasteiger partial charge on any atom is -0.370 e. The van der Waals surface area contributed by atoms with Crippen LogP contribution in [0.15, 0.2) is 48.7 Å². The van der Waals surface area contributed by atoms with Crippen LogP contribution in [0.3, 0.4) is 0 Å². The van der Waals surface area contributed by atoms with Gasteiger partial charge in [0.1, 0.15) is 5.15 Å². The van der Waals surface area contributed by atoms with Crippen LogP contribution in [0.5, 0.6) is 0 Å². The third kappa shape index (κ3) is 4.38. The van der Waals surface area contributed by atoms with Gasteiger partial charge in [-0.15, -0.1) is 0 Å². The highest BCUT2D eigenvalue weighted by Crippen LogP contribution is 2.27. The average Bonchev–Trinajstić information content (AvgIpc) is 3.08.